The van der Waals surface area contributed by atoms with E-state index < -0.39 is 5.25 Å². The van der Waals surface area contributed by atoms with E-state index in [2.05, 4.69) is 10.3 Å². The van der Waals surface area contributed by atoms with Gasteiger partial charge in [-0.1, -0.05) is 18.2 Å². The number of fused-ring (bicyclic) bond motifs is 1. The molecule has 1 N–H and O–H groups in total. The van der Waals surface area contributed by atoms with Crippen molar-refractivity contribution in [1.29, 1.82) is 0 Å². The molecule has 1 aromatic heterocycles. The molecule has 1 saturated heterocycles. The van der Waals surface area contributed by atoms with Crippen LogP contribution in [0.2, 0.25) is 0 Å². The molecular formula is C21H22N4O3S. The van der Waals surface area contributed by atoms with Gasteiger partial charge in [0.2, 0.25) is 11.8 Å². The van der Waals surface area contributed by atoms with E-state index in [-0.39, 0.29) is 24.3 Å². The highest BCUT2D eigenvalue weighted by molar-refractivity contribution is 8.01. The van der Waals surface area contributed by atoms with Crippen LogP contribution in [0.4, 0.5) is 11.5 Å². The third-order valence-electron chi connectivity index (χ3n) is 5.01. The third-order valence-corrected chi connectivity index (χ3v) is 6.25. The lowest BCUT2D eigenvalue weighted by Gasteiger charge is -2.34. The first-order valence-electron chi connectivity index (χ1n) is 9.61. The second-order valence-corrected chi connectivity index (χ2v) is 8.34. The first-order valence-corrected chi connectivity index (χ1v) is 10.5. The number of hydrogen-bond donors (Lipinski definition) is 1. The minimum Gasteiger partial charge on any atom is -0.341 e. The number of anilines is 2. The zero-order valence-corrected chi connectivity index (χ0v) is 16.9. The monoisotopic (exact) mass is 410 g/mol. The Hall–Kier alpha value is -2.87. The molecule has 2 aliphatic heterocycles. The van der Waals surface area contributed by atoms with E-state index in [0.717, 1.165) is 23.3 Å². The van der Waals surface area contributed by atoms with Gasteiger partial charge in [0.05, 0.1) is 5.69 Å². The minimum atomic E-state index is -0.853. The fraction of sp³-hybridized carbons (Fsp3) is 0.333. The second-order valence-electron chi connectivity index (χ2n) is 7.19. The van der Waals surface area contributed by atoms with E-state index in [4.69, 9.17) is 0 Å². The van der Waals surface area contributed by atoms with E-state index >= 15 is 0 Å². The number of carbonyl (C=O) groups is 3. The summed E-state index contributed by atoms with van der Waals surface area (Å²) in [6, 6.07) is 10.9. The average molecular weight is 410 g/mol. The molecule has 0 aliphatic carbocycles. The van der Waals surface area contributed by atoms with Gasteiger partial charge in [-0.15, -0.1) is 11.8 Å². The van der Waals surface area contributed by atoms with Gasteiger partial charge in [0.1, 0.15) is 12.4 Å². The van der Waals surface area contributed by atoms with Crippen molar-refractivity contribution in [2.45, 2.75) is 29.9 Å². The molecule has 2 aliphatic rings. The SMILES string of the molecule is Cc1ccc(NC(=O)CN2C(=O)[C@H](C(=O)N3CCCC3)Sc3ccccc32)nc1. The number of nitrogens with one attached hydrogen (secondary N) is 1. The predicted molar refractivity (Wildman–Crippen MR) is 112 cm³/mol. The Kier molecular flexibility index (Phi) is 5.53. The molecule has 0 bridgehead atoms. The largest absolute Gasteiger partial charge is 0.341 e. The van der Waals surface area contributed by atoms with Crippen molar-refractivity contribution in [2.24, 2.45) is 0 Å². The molecule has 1 fully saturated rings. The van der Waals surface area contributed by atoms with Gasteiger partial charge in [-0.05, 0) is 43.5 Å². The van der Waals surface area contributed by atoms with E-state index in [1.165, 1.54) is 16.7 Å². The van der Waals surface area contributed by atoms with Gasteiger partial charge in [0, 0.05) is 24.2 Å². The summed E-state index contributed by atoms with van der Waals surface area (Å²) in [6.45, 7) is 3.11. The highest BCUT2D eigenvalue weighted by Crippen LogP contribution is 2.39. The van der Waals surface area contributed by atoms with Crippen molar-refractivity contribution in [1.82, 2.24) is 9.88 Å². The zero-order chi connectivity index (χ0) is 20.4. The molecule has 3 heterocycles. The van der Waals surface area contributed by atoms with Crippen molar-refractivity contribution in [3.05, 3.63) is 48.2 Å². The van der Waals surface area contributed by atoms with Crippen LogP contribution in [-0.2, 0) is 14.4 Å². The zero-order valence-electron chi connectivity index (χ0n) is 16.1. The smallest absolute Gasteiger partial charge is 0.250 e. The first-order chi connectivity index (χ1) is 14.0. The third kappa shape index (κ3) is 4.12. The number of aromatic nitrogens is 1. The minimum absolute atomic E-state index is 0.169. The average Bonchev–Trinajstić information content (AvgIpc) is 3.26. The summed E-state index contributed by atoms with van der Waals surface area (Å²) in [7, 11) is 0. The van der Waals surface area contributed by atoms with Crippen LogP contribution < -0.4 is 10.2 Å². The van der Waals surface area contributed by atoms with E-state index in [0.29, 0.717) is 24.6 Å². The lowest BCUT2D eigenvalue weighted by Crippen LogP contribution is -2.51. The molecule has 0 spiro atoms. The van der Waals surface area contributed by atoms with Crippen LogP contribution in [0, 0.1) is 6.92 Å². The van der Waals surface area contributed by atoms with E-state index in [1.54, 1.807) is 23.2 Å². The van der Waals surface area contributed by atoms with Crippen molar-refractivity contribution in [3.63, 3.8) is 0 Å². The number of para-hydroxylation sites is 1. The summed E-state index contributed by atoms with van der Waals surface area (Å²) in [5, 5.41) is 1.87. The Labute approximate surface area is 173 Å². The van der Waals surface area contributed by atoms with Crippen LogP contribution in [0.5, 0.6) is 0 Å². The summed E-state index contributed by atoms with van der Waals surface area (Å²) >= 11 is 1.27. The lowest BCUT2D eigenvalue weighted by atomic mass is 10.2. The fourth-order valence-corrected chi connectivity index (χ4v) is 4.70. The molecule has 3 amide bonds. The Morgan fingerprint density at radius 3 is 2.66 bits per heavy atom. The number of rotatable bonds is 4. The second kappa shape index (κ2) is 8.24. The first kappa shape index (κ1) is 19.4. The molecule has 4 rings (SSSR count). The number of aryl methyl sites for hydroxylation is 1. The van der Waals surface area contributed by atoms with Crippen LogP contribution in [0.25, 0.3) is 0 Å². The standard InChI is InChI=1S/C21H22N4O3S/c1-14-8-9-17(22-12-14)23-18(26)13-25-15-6-2-3-7-16(15)29-19(21(25)28)20(27)24-10-4-5-11-24/h2-3,6-9,12,19H,4-5,10-11,13H2,1H3,(H,22,23,26)/t19-/m0/s1. The Balaban J connectivity index is 1.55. The number of nitrogens with zero attached hydrogens (tertiary/aromatic N) is 3. The maximum atomic E-state index is 13.2. The number of pyridine rings is 1. The molecule has 0 unspecified atom stereocenters. The highest BCUT2D eigenvalue weighted by atomic mass is 32.2. The number of thioether (sulfide) groups is 1. The normalized spacial score (nSPS) is 18.5. The summed E-state index contributed by atoms with van der Waals surface area (Å²) < 4.78 is 0. The fourth-order valence-electron chi connectivity index (χ4n) is 3.51. The molecule has 2 aromatic rings. The summed E-state index contributed by atoms with van der Waals surface area (Å²) in [4.78, 5) is 46.9. The molecule has 8 heteroatoms. The molecule has 7 nitrogen and oxygen atoms in total. The molecule has 29 heavy (non-hydrogen) atoms. The number of benzene rings is 1. The highest BCUT2D eigenvalue weighted by Gasteiger charge is 2.41. The molecule has 1 aromatic carbocycles. The Bertz CT molecular complexity index is 941. The number of likely N-dealkylation sites (tertiary alicyclic amines) is 1. The summed E-state index contributed by atoms with van der Waals surface area (Å²) in [5.41, 5.74) is 1.64. The van der Waals surface area contributed by atoms with Crippen LogP contribution in [0.15, 0.2) is 47.5 Å². The van der Waals surface area contributed by atoms with Crippen molar-refractivity contribution < 1.29 is 14.4 Å². The van der Waals surface area contributed by atoms with Gasteiger partial charge in [0.25, 0.3) is 5.91 Å². The topological polar surface area (TPSA) is 82.6 Å². The maximum Gasteiger partial charge on any atom is 0.250 e. The van der Waals surface area contributed by atoms with Crippen molar-refractivity contribution >= 4 is 41.0 Å². The van der Waals surface area contributed by atoms with Crippen molar-refractivity contribution in [2.75, 3.05) is 29.9 Å². The van der Waals surface area contributed by atoms with Crippen LogP contribution in [0.3, 0.4) is 0 Å². The molecular weight excluding hydrogens is 388 g/mol. The summed E-state index contributed by atoms with van der Waals surface area (Å²) in [6.07, 6.45) is 3.59. The van der Waals surface area contributed by atoms with Gasteiger partial charge in [-0.2, -0.15) is 0 Å². The number of hydrogen-bond acceptors (Lipinski definition) is 5. The number of amides is 3. The molecule has 0 radical (unpaired) electrons. The van der Waals surface area contributed by atoms with Gasteiger partial charge >= 0.3 is 0 Å². The lowest BCUT2D eigenvalue weighted by molar-refractivity contribution is -0.134. The van der Waals surface area contributed by atoms with Crippen LogP contribution in [0.1, 0.15) is 18.4 Å². The van der Waals surface area contributed by atoms with E-state index in [9.17, 15) is 14.4 Å². The van der Waals surface area contributed by atoms with Crippen LogP contribution >= 0.6 is 11.8 Å². The van der Waals surface area contributed by atoms with Gasteiger partial charge in [0.15, 0.2) is 5.25 Å². The maximum absolute atomic E-state index is 13.2. The van der Waals surface area contributed by atoms with Crippen LogP contribution in [-0.4, -0.2) is 52.5 Å². The van der Waals surface area contributed by atoms with Gasteiger partial charge in [-0.3, -0.25) is 14.4 Å². The quantitative estimate of drug-likeness (QED) is 0.783. The molecule has 1 atom stereocenters. The number of carbonyl (C=O) groups excluding carboxylic acids is 3. The Morgan fingerprint density at radius 1 is 1.17 bits per heavy atom. The summed E-state index contributed by atoms with van der Waals surface area (Å²) in [5.74, 6) is -0.448. The molecule has 0 saturated carbocycles. The van der Waals surface area contributed by atoms with Gasteiger partial charge < -0.3 is 15.1 Å². The van der Waals surface area contributed by atoms with Gasteiger partial charge in [-0.25, -0.2) is 4.98 Å². The van der Waals surface area contributed by atoms with Crippen molar-refractivity contribution in [3.8, 4) is 0 Å². The van der Waals surface area contributed by atoms with E-state index in [1.807, 2.05) is 31.2 Å². The predicted octanol–water partition coefficient (Wildman–Crippen LogP) is 2.46. The Morgan fingerprint density at radius 2 is 1.93 bits per heavy atom. The molecule has 150 valence electrons.